The molecule has 166 valence electrons. The van der Waals surface area contributed by atoms with Crippen molar-refractivity contribution < 1.29 is 9.47 Å². The molecule has 0 unspecified atom stereocenters. The van der Waals surface area contributed by atoms with E-state index in [1.54, 1.807) is 0 Å². The fourth-order valence-electron chi connectivity index (χ4n) is 6.33. The molecule has 0 N–H and O–H groups in total. The van der Waals surface area contributed by atoms with E-state index in [0.717, 1.165) is 50.3 Å². The molecule has 0 saturated carbocycles. The van der Waals surface area contributed by atoms with Crippen LogP contribution in [0.1, 0.15) is 0 Å². The molecular weight excluding hydrogens is 440 g/mol. The van der Waals surface area contributed by atoms with E-state index in [-0.39, 0.29) is 0 Å². The maximum atomic E-state index is 6.71. The molecule has 9 rings (SSSR count). The zero-order valence-corrected chi connectivity index (χ0v) is 19.2. The average Bonchev–Trinajstić information content (AvgIpc) is 2.95. The normalized spacial score (nSPS) is 12.9. The van der Waals surface area contributed by atoms with E-state index in [2.05, 4.69) is 109 Å². The van der Waals surface area contributed by atoms with Crippen LogP contribution >= 0.6 is 0 Å². The molecule has 7 aromatic carbocycles. The van der Waals surface area contributed by atoms with Gasteiger partial charge in [-0.25, -0.2) is 0 Å². The van der Waals surface area contributed by atoms with Crippen LogP contribution in [-0.4, -0.2) is 0 Å². The summed E-state index contributed by atoms with van der Waals surface area (Å²) < 4.78 is 13.3. The van der Waals surface area contributed by atoms with Crippen molar-refractivity contribution in [3.63, 3.8) is 0 Å². The Morgan fingerprint density at radius 3 is 1.72 bits per heavy atom. The van der Waals surface area contributed by atoms with Crippen LogP contribution in [0.15, 0.2) is 109 Å². The predicted molar refractivity (Wildman–Crippen MR) is 147 cm³/mol. The van der Waals surface area contributed by atoms with Gasteiger partial charge in [-0.2, -0.15) is 0 Å². The summed E-state index contributed by atoms with van der Waals surface area (Å²) in [6, 6.07) is 38.6. The van der Waals surface area contributed by atoms with E-state index in [1.807, 2.05) is 0 Å². The molecule has 0 fully saturated rings. The molecule has 2 nitrogen and oxygen atoms in total. The van der Waals surface area contributed by atoms with Crippen LogP contribution in [0.5, 0.6) is 23.0 Å². The lowest BCUT2D eigenvalue weighted by atomic mass is 9.81. The zero-order valence-electron chi connectivity index (χ0n) is 19.2. The lowest BCUT2D eigenvalue weighted by Gasteiger charge is -2.30. The van der Waals surface area contributed by atoms with Gasteiger partial charge in [-0.1, -0.05) is 84.9 Å². The van der Waals surface area contributed by atoms with Gasteiger partial charge in [0.15, 0.2) is 0 Å². The Kier molecular flexibility index (Phi) is 3.31. The predicted octanol–water partition coefficient (Wildman–Crippen LogP) is 9.84. The summed E-state index contributed by atoms with van der Waals surface area (Å²) in [6.07, 6.45) is 0. The third kappa shape index (κ3) is 2.18. The molecule has 0 saturated heterocycles. The monoisotopic (exact) mass is 458 g/mol. The molecule has 0 aliphatic carbocycles. The molecule has 2 aliphatic heterocycles. The third-order valence-corrected chi connectivity index (χ3v) is 7.82. The molecule has 0 radical (unpaired) electrons. The van der Waals surface area contributed by atoms with Gasteiger partial charge >= 0.3 is 0 Å². The average molecular weight is 459 g/mol. The molecule has 0 spiro atoms. The molecule has 2 heterocycles. The van der Waals surface area contributed by atoms with Gasteiger partial charge < -0.3 is 9.47 Å². The maximum absolute atomic E-state index is 6.71. The van der Waals surface area contributed by atoms with Crippen molar-refractivity contribution in [1.29, 1.82) is 0 Å². The lowest BCUT2D eigenvalue weighted by molar-refractivity contribution is 0.478. The van der Waals surface area contributed by atoms with Gasteiger partial charge in [0.1, 0.15) is 23.0 Å². The molecule has 7 aromatic rings. The largest absolute Gasteiger partial charge is 0.456 e. The Bertz CT molecular complexity index is 2100. The van der Waals surface area contributed by atoms with Crippen molar-refractivity contribution in [3.8, 4) is 45.3 Å². The van der Waals surface area contributed by atoms with E-state index in [1.165, 1.54) is 38.1 Å². The Hall–Kier alpha value is -4.82. The van der Waals surface area contributed by atoms with E-state index >= 15 is 0 Å². The number of fused-ring (bicyclic) bond motifs is 11. The summed E-state index contributed by atoms with van der Waals surface area (Å²) in [4.78, 5) is 0. The first-order chi connectivity index (χ1) is 17.9. The fraction of sp³-hybridized carbons (Fsp3) is 0. The second-order valence-corrected chi connectivity index (χ2v) is 9.63. The minimum absolute atomic E-state index is 0.881. The van der Waals surface area contributed by atoms with Crippen LogP contribution in [0.4, 0.5) is 0 Å². The van der Waals surface area contributed by atoms with E-state index in [0.29, 0.717) is 0 Å². The minimum Gasteiger partial charge on any atom is -0.456 e. The molecule has 0 amide bonds. The molecular formula is C34H18O2. The van der Waals surface area contributed by atoms with Gasteiger partial charge in [0.25, 0.3) is 0 Å². The van der Waals surface area contributed by atoms with Crippen LogP contribution in [0, 0.1) is 0 Å². The van der Waals surface area contributed by atoms with Crippen LogP contribution in [0.3, 0.4) is 0 Å². The van der Waals surface area contributed by atoms with Gasteiger partial charge in [-0.3, -0.25) is 0 Å². The van der Waals surface area contributed by atoms with Crippen molar-refractivity contribution in [2.75, 3.05) is 0 Å². The van der Waals surface area contributed by atoms with Crippen molar-refractivity contribution in [2.45, 2.75) is 0 Å². The first-order valence-electron chi connectivity index (χ1n) is 12.3. The van der Waals surface area contributed by atoms with Gasteiger partial charge in [-0.15, -0.1) is 0 Å². The summed E-state index contributed by atoms with van der Waals surface area (Å²) in [6.45, 7) is 0. The van der Waals surface area contributed by atoms with Crippen LogP contribution in [0.25, 0.3) is 65.3 Å². The Balaban J connectivity index is 1.54. The summed E-state index contributed by atoms with van der Waals surface area (Å²) in [5.41, 5.74) is 4.74. The van der Waals surface area contributed by atoms with Crippen molar-refractivity contribution in [1.82, 2.24) is 0 Å². The first kappa shape index (κ1) is 18.5. The zero-order chi connectivity index (χ0) is 23.4. The summed E-state index contributed by atoms with van der Waals surface area (Å²) >= 11 is 0. The quantitative estimate of drug-likeness (QED) is 0.211. The molecule has 2 aliphatic rings. The van der Waals surface area contributed by atoms with E-state index < -0.39 is 0 Å². The number of rotatable bonds is 0. The van der Waals surface area contributed by atoms with Gasteiger partial charge in [0.05, 0.1) is 0 Å². The van der Waals surface area contributed by atoms with Crippen LogP contribution in [-0.2, 0) is 0 Å². The summed E-state index contributed by atoms with van der Waals surface area (Å²) in [5.74, 6) is 3.59. The first-order valence-corrected chi connectivity index (χ1v) is 12.3. The smallest absolute Gasteiger partial charge is 0.143 e. The highest BCUT2D eigenvalue weighted by molar-refractivity contribution is 6.29. The molecule has 0 bridgehead atoms. The Morgan fingerprint density at radius 1 is 0.361 bits per heavy atom. The molecule has 2 heteroatoms. The Morgan fingerprint density at radius 2 is 0.917 bits per heavy atom. The highest BCUT2D eigenvalue weighted by atomic mass is 16.5. The molecule has 36 heavy (non-hydrogen) atoms. The van der Waals surface area contributed by atoms with Crippen molar-refractivity contribution >= 4 is 43.1 Å². The third-order valence-electron chi connectivity index (χ3n) is 7.82. The molecule has 0 atom stereocenters. The van der Waals surface area contributed by atoms with Crippen LogP contribution in [0.2, 0.25) is 0 Å². The summed E-state index contributed by atoms with van der Waals surface area (Å²) in [5, 5.41) is 9.45. The summed E-state index contributed by atoms with van der Waals surface area (Å²) in [7, 11) is 0. The van der Waals surface area contributed by atoms with E-state index in [4.69, 9.17) is 9.47 Å². The number of hydrogen-bond acceptors (Lipinski definition) is 2. The second-order valence-electron chi connectivity index (χ2n) is 9.63. The molecule has 0 aromatic heterocycles. The highest BCUT2D eigenvalue weighted by Crippen LogP contribution is 2.59. The van der Waals surface area contributed by atoms with E-state index in [9.17, 15) is 0 Å². The number of benzene rings is 7. The standard InChI is InChI=1S/C34H18O2/c1-3-9-21-19(7-1)14-16-26-30(21)31-24-12-6-5-11-23(24)29-25-15-13-20-8-2-4-10-22(20)34(25)36-28-18-17-27(35-26)33(31)32(28)29/h1-18H. The fourth-order valence-corrected chi connectivity index (χ4v) is 6.33. The minimum atomic E-state index is 0.881. The number of hydrogen-bond donors (Lipinski definition) is 0. The lowest BCUT2D eigenvalue weighted by Crippen LogP contribution is -2.04. The van der Waals surface area contributed by atoms with Gasteiger partial charge in [0.2, 0.25) is 0 Å². The SMILES string of the molecule is c1ccc2c3c(ccc2c1)-c1c2ccccc2c2c4c(ccc(c14)O3)Oc1ccc3ccccc3c1-2. The highest BCUT2D eigenvalue weighted by Gasteiger charge is 2.32. The maximum Gasteiger partial charge on any atom is 0.143 e. The second kappa shape index (κ2) is 6.44. The number of ether oxygens (including phenoxy) is 2. The Labute approximate surface area is 206 Å². The van der Waals surface area contributed by atoms with Crippen molar-refractivity contribution in [2.24, 2.45) is 0 Å². The van der Waals surface area contributed by atoms with Crippen LogP contribution < -0.4 is 9.47 Å². The van der Waals surface area contributed by atoms with Crippen molar-refractivity contribution in [3.05, 3.63) is 109 Å². The van der Waals surface area contributed by atoms with Gasteiger partial charge in [-0.05, 0) is 51.2 Å². The topological polar surface area (TPSA) is 18.5 Å². The van der Waals surface area contributed by atoms with Gasteiger partial charge in [0, 0.05) is 38.4 Å².